The fraction of sp³-hybridized carbons (Fsp3) is 0.714. The Balaban J connectivity index is 0.0000000964. The first-order valence-electron chi connectivity index (χ1n) is 6.66. The van der Waals surface area contributed by atoms with E-state index in [-0.39, 0.29) is 0 Å². The van der Waals surface area contributed by atoms with Crippen LogP contribution in [0.15, 0.2) is 23.7 Å². The van der Waals surface area contributed by atoms with E-state index in [1.54, 1.807) is 0 Å². The number of hydrogen-bond donors (Lipinski definition) is 0. The van der Waals surface area contributed by atoms with Crippen LogP contribution in [0.25, 0.3) is 0 Å². The molecule has 0 aromatic rings. The summed E-state index contributed by atoms with van der Waals surface area (Å²) < 4.78 is 14.9. The van der Waals surface area contributed by atoms with Gasteiger partial charge in [-0.05, 0) is 51.7 Å². The summed E-state index contributed by atoms with van der Waals surface area (Å²) >= 11 is 0. The van der Waals surface area contributed by atoms with Crippen LogP contribution in [0.4, 0.5) is 0 Å². The average molecular weight is 238 g/mol. The molecule has 2 aliphatic heterocycles. The highest BCUT2D eigenvalue weighted by atomic mass is 16.6. The smallest absolute Gasteiger partial charge is 0.155 e. The van der Waals surface area contributed by atoms with Gasteiger partial charge in [-0.1, -0.05) is 0 Å². The first-order chi connectivity index (χ1) is 8.35. The van der Waals surface area contributed by atoms with Gasteiger partial charge < -0.3 is 14.2 Å². The molecule has 2 heterocycles. The standard InChI is InChI=1S/2C5H6O.C4H10O/c2*1-2-4-5(3-1)6-4;1-3-5-4-2/h2*2,5H,1,3H2;3-4H2,1-2H3. The normalized spacial score (nSPS) is 28.8. The Bertz CT molecular complexity index is 277. The Kier molecular flexibility index (Phi) is 4.49. The van der Waals surface area contributed by atoms with Crippen LogP contribution in [-0.4, -0.2) is 25.4 Å². The monoisotopic (exact) mass is 238 g/mol. The summed E-state index contributed by atoms with van der Waals surface area (Å²) in [4.78, 5) is 0. The summed E-state index contributed by atoms with van der Waals surface area (Å²) in [5, 5.41) is 0. The molecule has 4 aliphatic rings. The van der Waals surface area contributed by atoms with Crippen LogP contribution in [0, 0.1) is 0 Å². The van der Waals surface area contributed by atoms with Crippen LogP contribution in [0.3, 0.4) is 0 Å². The van der Waals surface area contributed by atoms with E-state index in [0.717, 1.165) is 13.2 Å². The van der Waals surface area contributed by atoms with Crippen LogP contribution in [-0.2, 0) is 14.2 Å². The van der Waals surface area contributed by atoms with Crippen LogP contribution >= 0.6 is 0 Å². The van der Waals surface area contributed by atoms with Crippen molar-refractivity contribution in [2.45, 2.75) is 51.7 Å². The van der Waals surface area contributed by atoms with Gasteiger partial charge in [0.2, 0.25) is 0 Å². The second-order valence-electron chi connectivity index (χ2n) is 4.36. The Morgan fingerprint density at radius 2 is 1.47 bits per heavy atom. The van der Waals surface area contributed by atoms with Crippen molar-refractivity contribution in [1.82, 2.24) is 0 Å². The Hall–Kier alpha value is -0.960. The molecule has 0 bridgehead atoms. The van der Waals surface area contributed by atoms with E-state index >= 15 is 0 Å². The van der Waals surface area contributed by atoms with E-state index in [9.17, 15) is 0 Å². The SMILES string of the molecule is C1=C2OC2CC1.C1=C2OC2CC1.CCOCC. The summed E-state index contributed by atoms with van der Waals surface area (Å²) in [6.45, 7) is 5.67. The molecule has 3 nitrogen and oxygen atoms in total. The van der Waals surface area contributed by atoms with Gasteiger partial charge in [0.1, 0.15) is 11.5 Å². The average Bonchev–Trinajstić information content (AvgIpc) is 3.19. The lowest BCUT2D eigenvalue weighted by molar-refractivity contribution is 0.162. The van der Waals surface area contributed by atoms with Gasteiger partial charge in [-0.25, -0.2) is 0 Å². The maximum absolute atomic E-state index is 5.01. The third-order valence-corrected chi connectivity index (χ3v) is 3.03. The van der Waals surface area contributed by atoms with Gasteiger partial charge >= 0.3 is 0 Å². The van der Waals surface area contributed by atoms with Crippen molar-refractivity contribution in [2.75, 3.05) is 13.2 Å². The second kappa shape index (κ2) is 6.10. The second-order valence-corrected chi connectivity index (χ2v) is 4.36. The van der Waals surface area contributed by atoms with Gasteiger partial charge in [0.25, 0.3) is 0 Å². The summed E-state index contributed by atoms with van der Waals surface area (Å²) in [6, 6.07) is 0. The number of fused-ring (bicyclic) bond motifs is 2. The molecule has 17 heavy (non-hydrogen) atoms. The zero-order valence-corrected chi connectivity index (χ0v) is 10.8. The third-order valence-electron chi connectivity index (χ3n) is 3.03. The topological polar surface area (TPSA) is 34.3 Å². The molecule has 0 spiro atoms. The summed E-state index contributed by atoms with van der Waals surface area (Å²) in [5.41, 5.74) is 0. The predicted octanol–water partition coefficient (Wildman–Crippen LogP) is 3.17. The van der Waals surface area contributed by atoms with E-state index in [1.807, 2.05) is 13.8 Å². The molecule has 2 fully saturated rings. The number of hydrogen-bond acceptors (Lipinski definition) is 3. The molecule has 4 rings (SSSR count). The summed E-state index contributed by atoms with van der Waals surface area (Å²) in [5.74, 6) is 2.49. The molecular formula is C14H22O3. The Morgan fingerprint density at radius 3 is 1.53 bits per heavy atom. The van der Waals surface area contributed by atoms with Crippen LogP contribution in [0.5, 0.6) is 0 Å². The molecule has 0 aromatic carbocycles. The van der Waals surface area contributed by atoms with Crippen molar-refractivity contribution >= 4 is 0 Å². The van der Waals surface area contributed by atoms with E-state index in [2.05, 4.69) is 12.2 Å². The van der Waals surface area contributed by atoms with E-state index in [1.165, 1.54) is 37.2 Å². The van der Waals surface area contributed by atoms with Crippen molar-refractivity contribution in [2.24, 2.45) is 0 Å². The van der Waals surface area contributed by atoms with E-state index in [4.69, 9.17) is 14.2 Å². The van der Waals surface area contributed by atoms with Gasteiger partial charge in [0.15, 0.2) is 12.2 Å². The van der Waals surface area contributed by atoms with Crippen molar-refractivity contribution in [3.8, 4) is 0 Å². The van der Waals surface area contributed by atoms with Gasteiger partial charge in [-0.2, -0.15) is 0 Å². The molecule has 0 N–H and O–H groups in total. The molecule has 0 aromatic heterocycles. The van der Waals surface area contributed by atoms with Crippen molar-refractivity contribution in [1.29, 1.82) is 0 Å². The number of ether oxygens (including phenoxy) is 3. The number of epoxide rings is 2. The molecule has 0 amide bonds. The zero-order valence-electron chi connectivity index (χ0n) is 10.8. The van der Waals surface area contributed by atoms with Gasteiger partial charge in [-0.15, -0.1) is 0 Å². The zero-order chi connectivity index (χ0) is 12.1. The molecule has 0 saturated carbocycles. The maximum Gasteiger partial charge on any atom is 0.155 e. The van der Waals surface area contributed by atoms with Crippen molar-refractivity contribution < 1.29 is 14.2 Å². The third kappa shape index (κ3) is 4.08. The largest absolute Gasteiger partial charge is 0.483 e. The summed E-state index contributed by atoms with van der Waals surface area (Å²) in [7, 11) is 0. The number of allylic oxidation sites excluding steroid dienone is 2. The van der Waals surface area contributed by atoms with E-state index in [0.29, 0.717) is 12.2 Å². The highest BCUT2D eigenvalue weighted by molar-refractivity contribution is 5.19. The van der Waals surface area contributed by atoms with Crippen molar-refractivity contribution in [3.63, 3.8) is 0 Å². The highest BCUT2D eigenvalue weighted by Gasteiger charge is 2.35. The van der Waals surface area contributed by atoms with Gasteiger partial charge in [0.05, 0.1) is 0 Å². The highest BCUT2D eigenvalue weighted by Crippen LogP contribution is 2.37. The van der Waals surface area contributed by atoms with Gasteiger partial charge in [0, 0.05) is 13.2 Å². The Labute approximate surface area is 103 Å². The molecule has 0 radical (unpaired) electrons. The fourth-order valence-corrected chi connectivity index (χ4v) is 1.98. The molecule has 2 atom stereocenters. The lowest BCUT2D eigenvalue weighted by atomic mass is 10.4. The minimum Gasteiger partial charge on any atom is -0.483 e. The molecular weight excluding hydrogens is 216 g/mol. The number of rotatable bonds is 2. The molecule has 2 unspecified atom stereocenters. The first kappa shape index (κ1) is 12.5. The molecule has 2 saturated heterocycles. The van der Waals surface area contributed by atoms with Crippen molar-refractivity contribution in [3.05, 3.63) is 23.7 Å². The van der Waals surface area contributed by atoms with Gasteiger partial charge in [-0.3, -0.25) is 0 Å². The minimum absolute atomic E-state index is 0.574. The Morgan fingerprint density at radius 1 is 1.00 bits per heavy atom. The first-order valence-corrected chi connectivity index (χ1v) is 6.66. The van der Waals surface area contributed by atoms with Crippen LogP contribution < -0.4 is 0 Å². The quantitative estimate of drug-likeness (QED) is 0.693. The lowest BCUT2D eigenvalue weighted by Crippen LogP contribution is -1.84. The molecule has 3 heteroatoms. The minimum atomic E-state index is 0.574. The lowest BCUT2D eigenvalue weighted by Gasteiger charge is -1.86. The fourth-order valence-electron chi connectivity index (χ4n) is 1.98. The predicted molar refractivity (Wildman–Crippen MR) is 66.5 cm³/mol. The molecule has 96 valence electrons. The summed E-state index contributed by atoms with van der Waals surface area (Å²) in [6.07, 6.45) is 10.5. The van der Waals surface area contributed by atoms with E-state index < -0.39 is 0 Å². The molecule has 2 aliphatic carbocycles. The van der Waals surface area contributed by atoms with Crippen LogP contribution in [0.2, 0.25) is 0 Å². The van der Waals surface area contributed by atoms with Crippen LogP contribution in [0.1, 0.15) is 39.5 Å². The maximum atomic E-state index is 5.01.